The molecular formula is C16H14F2N2O2. The standard InChI is InChI=1S/C16H14F2N2O2/c1-10-4-2-5-11(8-10)16(22)19-9-14(21)20-15-12(17)6-3-7-13(15)18/h2-8H,9H2,1H3,(H,19,22)(H,20,21). The van der Waals surface area contributed by atoms with E-state index in [1.54, 1.807) is 18.2 Å². The number of hydrogen-bond acceptors (Lipinski definition) is 2. The molecule has 4 nitrogen and oxygen atoms in total. The number of rotatable bonds is 4. The maximum absolute atomic E-state index is 13.4. The van der Waals surface area contributed by atoms with E-state index >= 15 is 0 Å². The summed E-state index contributed by atoms with van der Waals surface area (Å²) in [6, 6.07) is 10.1. The highest BCUT2D eigenvalue weighted by Gasteiger charge is 2.13. The van der Waals surface area contributed by atoms with E-state index in [0.717, 1.165) is 17.7 Å². The van der Waals surface area contributed by atoms with Crippen molar-refractivity contribution in [2.75, 3.05) is 11.9 Å². The van der Waals surface area contributed by atoms with Gasteiger partial charge in [-0.05, 0) is 31.2 Å². The van der Waals surface area contributed by atoms with Crippen molar-refractivity contribution in [3.63, 3.8) is 0 Å². The van der Waals surface area contributed by atoms with Gasteiger partial charge in [0.15, 0.2) is 0 Å². The molecule has 0 aromatic heterocycles. The van der Waals surface area contributed by atoms with Crippen molar-refractivity contribution in [2.24, 2.45) is 0 Å². The molecule has 0 heterocycles. The number of nitrogens with one attached hydrogen (secondary N) is 2. The number of para-hydroxylation sites is 1. The number of hydrogen-bond donors (Lipinski definition) is 2. The molecule has 0 atom stereocenters. The molecule has 114 valence electrons. The van der Waals surface area contributed by atoms with Crippen molar-refractivity contribution in [2.45, 2.75) is 6.92 Å². The zero-order chi connectivity index (χ0) is 16.1. The molecule has 0 fully saturated rings. The van der Waals surface area contributed by atoms with Crippen LogP contribution in [-0.4, -0.2) is 18.4 Å². The summed E-state index contributed by atoms with van der Waals surface area (Å²) in [5.41, 5.74) is 0.785. The molecule has 0 bridgehead atoms. The number of aryl methyl sites for hydroxylation is 1. The summed E-state index contributed by atoms with van der Waals surface area (Å²) in [4.78, 5) is 23.5. The molecule has 2 aromatic carbocycles. The number of amides is 2. The highest BCUT2D eigenvalue weighted by atomic mass is 19.1. The van der Waals surface area contributed by atoms with E-state index in [2.05, 4.69) is 10.6 Å². The minimum Gasteiger partial charge on any atom is -0.343 e. The van der Waals surface area contributed by atoms with Crippen LogP contribution in [-0.2, 0) is 4.79 Å². The van der Waals surface area contributed by atoms with Gasteiger partial charge in [0.1, 0.15) is 17.3 Å². The SMILES string of the molecule is Cc1cccc(C(=O)NCC(=O)Nc2c(F)cccc2F)c1. The minimum absolute atomic E-state index is 0.388. The summed E-state index contributed by atoms with van der Waals surface area (Å²) < 4.78 is 26.8. The third kappa shape index (κ3) is 3.88. The van der Waals surface area contributed by atoms with Crippen molar-refractivity contribution in [3.8, 4) is 0 Å². The van der Waals surface area contributed by atoms with Crippen LogP contribution in [0.25, 0.3) is 0 Å². The number of carbonyl (C=O) groups is 2. The fourth-order valence-electron chi connectivity index (χ4n) is 1.85. The Morgan fingerprint density at radius 3 is 2.32 bits per heavy atom. The molecule has 2 rings (SSSR count). The topological polar surface area (TPSA) is 58.2 Å². The van der Waals surface area contributed by atoms with Crippen LogP contribution in [0, 0.1) is 18.6 Å². The lowest BCUT2D eigenvalue weighted by molar-refractivity contribution is -0.115. The van der Waals surface area contributed by atoms with Crippen LogP contribution in [0.3, 0.4) is 0 Å². The van der Waals surface area contributed by atoms with Crippen molar-refractivity contribution in [1.82, 2.24) is 5.32 Å². The second kappa shape index (κ2) is 6.80. The quantitative estimate of drug-likeness (QED) is 0.912. The van der Waals surface area contributed by atoms with E-state index in [9.17, 15) is 18.4 Å². The molecule has 0 aliphatic heterocycles. The molecule has 0 radical (unpaired) electrons. The molecule has 0 saturated carbocycles. The van der Waals surface area contributed by atoms with Gasteiger partial charge in [-0.25, -0.2) is 8.78 Å². The normalized spacial score (nSPS) is 10.1. The highest BCUT2D eigenvalue weighted by Crippen LogP contribution is 2.17. The molecule has 0 spiro atoms. The zero-order valence-electron chi connectivity index (χ0n) is 11.8. The Hall–Kier alpha value is -2.76. The third-order valence-corrected chi connectivity index (χ3v) is 2.92. The van der Waals surface area contributed by atoms with Crippen LogP contribution < -0.4 is 10.6 Å². The van der Waals surface area contributed by atoms with E-state index in [1.165, 1.54) is 6.07 Å². The summed E-state index contributed by atoms with van der Waals surface area (Å²) in [5.74, 6) is -2.91. The van der Waals surface area contributed by atoms with E-state index in [1.807, 2.05) is 13.0 Å². The van der Waals surface area contributed by atoms with E-state index < -0.39 is 29.1 Å². The van der Waals surface area contributed by atoms with Crippen LogP contribution in [0.5, 0.6) is 0 Å². The van der Waals surface area contributed by atoms with Gasteiger partial charge >= 0.3 is 0 Å². The summed E-state index contributed by atoms with van der Waals surface area (Å²) in [6.45, 7) is 1.45. The largest absolute Gasteiger partial charge is 0.343 e. The third-order valence-electron chi connectivity index (χ3n) is 2.92. The van der Waals surface area contributed by atoms with Gasteiger partial charge in [0.2, 0.25) is 5.91 Å². The number of anilines is 1. The van der Waals surface area contributed by atoms with Gasteiger partial charge in [0.25, 0.3) is 5.91 Å². The van der Waals surface area contributed by atoms with Gasteiger partial charge < -0.3 is 10.6 Å². The van der Waals surface area contributed by atoms with Crippen molar-refractivity contribution in [1.29, 1.82) is 0 Å². The molecule has 2 aromatic rings. The fourth-order valence-corrected chi connectivity index (χ4v) is 1.85. The van der Waals surface area contributed by atoms with Gasteiger partial charge in [0.05, 0.1) is 6.54 Å². The van der Waals surface area contributed by atoms with Crippen LogP contribution in [0.4, 0.5) is 14.5 Å². The first-order valence-corrected chi connectivity index (χ1v) is 6.56. The molecule has 2 N–H and O–H groups in total. The van der Waals surface area contributed by atoms with Crippen LogP contribution in [0.15, 0.2) is 42.5 Å². The maximum atomic E-state index is 13.4. The van der Waals surface area contributed by atoms with E-state index in [4.69, 9.17) is 0 Å². The predicted octanol–water partition coefficient (Wildman–Crippen LogP) is 2.64. The molecule has 0 unspecified atom stereocenters. The van der Waals surface area contributed by atoms with Crippen molar-refractivity contribution >= 4 is 17.5 Å². The molecule has 2 amide bonds. The Morgan fingerprint density at radius 1 is 1.05 bits per heavy atom. The number of halogens is 2. The fraction of sp³-hybridized carbons (Fsp3) is 0.125. The number of carbonyl (C=O) groups excluding carboxylic acids is 2. The highest BCUT2D eigenvalue weighted by molar-refractivity contribution is 5.99. The second-order valence-electron chi connectivity index (χ2n) is 4.70. The summed E-state index contributed by atoms with van der Waals surface area (Å²) >= 11 is 0. The first-order chi connectivity index (χ1) is 10.5. The van der Waals surface area contributed by atoms with Crippen LogP contribution in [0.1, 0.15) is 15.9 Å². The molecule has 0 aliphatic rings. The second-order valence-corrected chi connectivity index (χ2v) is 4.70. The monoisotopic (exact) mass is 304 g/mol. The first-order valence-electron chi connectivity index (χ1n) is 6.56. The lowest BCUT2D eigenvalue weighted by atomic mass is 10.1. The smallest absolute Gasteiger partial charge is 0.251 e. The van der Waals surface area contributed by atoms with E-state index in [-0.39, 0.29) is 6.54 Å². The Kier molecular flexibility index (Phi) is 4.83. The Balaban J connectivity index is 1.94. The summed E-state index contributed by atoms with van der Waals surface area (Å²) in [6.07, 6.45) is 0. The van der Waals surface area contributed by atoms with Crippen molar-refractivity contribution < 1.29 is 18.4 Å². The van der Waals surface area contributed by atoms with Crippen LogP contribution >= 0.6 is 0 Å². The summed E-state index contributed by atoms with van der Waals surface area (Å²) in [7, 11) is 0. The molecule has 0 saturated heterocycles. The predicted molar refractivity (Wildman–Crippen MR) is 78.5 cm³/mol. The molecular weight excluding hydrogens is 290 g/mol. The minimum atomic E-state index is -0.877. The average Bonchev–Trinajstić information content (AvgIpc) is 2.48. The van der Waals surface area contributed by atoms with Gasteiger partial charge in [-0.2, -0.15) is 0 Å². The van der Waals surface area contributed by atoms with E-state index in [0.29, 0.717) is 5.56 Å². The Labute approximate surface area is 126 Å². The molecule has 6 heteroatoms. The Morgan fingerprint density at radius 2 is 1.68 bits per heavy atom. The number of benzene rings is 2. The molecule has 0 aliphatic carbocycles. The lowest BCUT2D eigenvalue weighted by Gasteiger charge is -2.09. The van der Waals surface area contributed by atoms with Crippen molar-refractivity contribution in [3.05, 3.63) is 65.2 Å². The van der Waals surface area contributed by atoms with Gasteiger partial charge in [-0.3, -0.25) is 9.59 Å². The van der Waals surface area contributed by atoms with Gasteiger partial charge in [-0.1, -0.05) is 23.8 Å². The Bertz CT molecular complexity index is 697. The lowest BCUT2D eigenvalue weighted by Crippen LogP contribution is -2.33. The first kappa shape index (κ1) is 15.6. The molecule has 22 heavy (non-hydrogen) atoms. The average molecular weight is 304 g/mol. The van der Waals surface area contributed by atoms with Crippen LogP contribution in [0.2, 0.25) is 0 Å². The van der Waals surface area contributed by atoms with Gasteiger partial charge in [0, 0.05) is 5.56 Å². The maximum Gasteiger partial charge on any atom is 0.251 e. The van der Waals surface area contributed by atoms with Gasteiger partial charge in [-0.15, -0.1) is 0 Å². The summed E-state index contributed by atoms with van der Waals surface area (Å²) in [5, 5.41) is 4.48. The zero-order valence-corrected chi connectivity index (χ0v) is 11.8.